The van der Waals surface area contributed by atoms with Gasteiger partial charge in [0.25, 0.3) is 6.43 Å². The van der Waals surface area contributed by atoms with Crippen molar-refractivity contribution in [2.75, 3.05) is 5.73 Å². The van der Waals surface area contributed by atoms with Gasteiger partial charge in [-0.3, -0.25) is 0 Å². The molecule has 0 aromatic carbocycles. The van der Waals surface area contributed by atoms with E-state index in [0.717, 1.165) is 0 Å². The van der Waals surface area contributed by atoms with Gasteiger partial charge in [0.1, 0.15) is 11.6 Å². The Balaban J connectivity index is 3.34. The first kappa shape index (κ1) is 13.4. The Morgan fingerprint density at radius 3 is 2.41 bits per heavy atom. The van der Waals surface area contributed by atoms with Crippen LogP contribution in [0.3, 0.4) is 0 Å². The molecular formula is C8H7F5N2O2. The van der Waals surface area contributed by atoms with E-state index in [0.29, 0.717) is 6.20 Å². The fraction of sp³-hybridized carbons (Fsp3) is 0.375. The van der Waals surface area contributed by atoms with Crippen molar-refractivity contribution in [2.24, 2.45) is 0 Å². The normalized spacial score (nSPS) is 11.9. The maximum Gasteiger partial charge on any atom is 0.573 e. The molecule has 0 aliphatic heterocycles. The fourth-order valence-electron chi connectivity index (χ4n) is 1.11. The summed E-state index contributed by atoms with van der Waals surface area (Å²) in [6, 6.07) is 0. The lowest BCUT2D eigenvalue weighted by Gasteiger charge is -2.16. The molecule has 9 heteroatoms. The Kier molecular flexibility index (Phi) is 3.71. The maximum atomic E-state index is 12.4. The number of aliphatic hydroxyl groups is 1. The van der Waals surface area contributed by atoms with E-state index in [1.807, 2.05) is 0 Å². The molecule has 1 aromatic rings. The number of anilines is 1. The summed E-state index contributed by atoms with van der Waals surface area (Å²) in [5.74, 6) is -1.71. The minimum absolute atomic E-state index is 0.472. The number of rotatable bonds is 3. The Morgan fingerprint density at radius 1 is 1.41 bits per heavy atom. The second-order valence-electron chi connectivity index (χ2n) is 2.91. The van der Waals surface area contributed by atoms with Crippen molar-refractivity contribution in [2.45, 2.75) is 19.4 Å². The van der Waals surface area contributed by atoms with Gasteiger partial charge in [0.15, 0.2) is 0 Å². The molecule has 0 atom stereocenters. The molecule has 0 spiro atoms. The zero-order valence-corrected chi connectivity index (χ0v) is 8.13. The SMILES string of the molecule is Nc1ncc(C(F)F)c(OC(F)(F)F)c1CO. The van der Waals surface area contributed by atoms with Crippen LogP contribution in [0.25, 0.3) is 0 Å². The molecule has 1 heterocycles. The molecule has 1 rings (SSSR count). The van der Waals surface area contributed by atoms with Crippen LogP contribution in [-0.4, -0.2) is 16.5 Å². The minimum Gasteiger partial charge on any atom is -0.405 e. The third-order valence-corrected chi connectivity index (χ3v) is 1.80. The van der Waals surface area contributed by atoms with Crippen LogP contribution in [0.5, 0.6) is 5.75 Å². The second-order valence-corrected chi connectivity index (χ2v) is 2.91. The predicted molar refractivity (Wildman–Crippen MR) is 46.2 cm³/mol. The number of alkyl halides is 5. The molecule has 0 aliphatic rings. The third-order valence-electron chi connectivity index (χ3n) is 1.80. The average molecular weight is 258 g/mol. The number of ether oxygens (including phenoxy) is 1. The van der Waals surface area contributed by atoms with Gasteiger partial charge < -0.3 is 15.6 Å². The van der Waals surface area contributed by atoms with Gasteiger partial charge in [0, 0.05) is 6.20 Å². The number of hydrogen-bond acceptors (Lipinski definition) is 4. The van der Waals surface area contributed by atoms with Gasteiger partial charge in [0.05, 0.1) is 17.7 Å². The number of nitrogen functional groups attached to an aromatic ring is 1. The third kappa shape index (κ3) is 3.16. The first-order valence-electron chi connectivity index (χ1n) is 4.18. The standard InChI is InChI=1S/C8H7F5N2O2/c9-6(10)3-1-15-7(14)4(2-16)5(3)17-8(11,12)13/h1,6,16H,2H2,(H2,14,15). The molecule has 1 aromatic heterocycles. The first-order chi connectivity index (χ1) is 7.76. The molecular weight excluding hydrogens is 251 g/mol. The molecule has 0 bridgehead atoms. The van der Waals surface area contributed by atoms with Crippen LogP contribution in [0.1, 0.15) is 17.6 Å². The number of nitrogens with two attached hydrogens (primary N) is 1. The number of aliphatic hydroxyl groups excluding tert-OH is 1. The van der Waals surface area contributed by atoms with E-state index in [-0.39, 0.29) is 0 Å². The van der Waals surface area contributed by atoms with Crippen molar-refractivity contribution in [3.63, 3.8) is 0 Å². The summed E-state index contributed by atoms with van der Waals surface area (Å²) in [4.78, 5) is 3.25. The van der Waals surface area contributed by atoms with E-state index in [4.69, 9.17) is 10.8 Å². The Bertz CT molecular complexity index is 408. The highest BCUT2D eigenvalue weighted by atomic mass is 19.4. The molecule has 0 amide bonds. The highest BCUT2D eigenvalue weighted by molar-refractivity contribution is 5.52. The van der Waals surface area contributed by atoms with Crippen molar-refractivity contribution in [3.8, 4) is 5.75 Å². The highest BCUT2D eigenvalue weighted by Gasteiger charge is 2.35. The fourth-order valence-corrected chi connectivity index (χ4v) is 1.11. The Morgan fingerprint density at radius 2 is 2.00 bits per heavy atom. The molecule has 0 fully saturated rings. The van der Waals surface area contributed by atoms with Crippen LogP contribution < -0.4 is 10.5 Å². The lowest BCUT2D eigenvalue weighted by atomic mass is 10.1. The number of aromatic nitrogens is 1. The molecule has 0 radical (unpaired) electrons. The molecule has 0 saturated heterocycles. The zero-order valence-electron chi connectivity index (χ0n) is 8.13. The maximum absolute atomic E-state index is 12.4. The van der Waals surface area contributed by atoms with Crippen LogP contribution in [0.2, 0.25) is 0 Å². The zero-order chi connectivity index (χ0) is 13.2. The van der Waals surface area contributed by atoms with Crippen LogP contribution in [0, 0.1) is 0 Å². The van der Waals surface area contributed by atoms with E-state index in [9.17, 15) is 22.0 Å². The van der Waals surface area contributed by atoms with Crippen molar-refractivity contribution in [1.82, 2.24) is 4.98 Å². The van der Waals surface area contributed by atoms with Crippen LogP contribution in [0.4, 0.5) is 27.8 Å². The largest absolute Gasteiger partial charge is 0.573 e. The van der Waals surface area contributed by atoms with E-state index in [1.54, 1.807) is 0 Å². The van der Waals surface area contributed by atoms with Gasteiger partial charge in [-0.1, -0.05) is 0 Å². The predicted octanol–water partition coefficient (Wildman–Crippen LogP) is 1.99. The summed E-state index contributed by atoms with van der Waals surface area (Å²) in [7, 11) is 0. The number of hydrogen-bond donors (Lipinski definition) is 2. The molecule has 96 valence electrons. The van der Waals surface area contributed by atoms with Crippen molar-refractivity contribution < 1.29 is 31.8 Å². The van der Waals surface area contributed by atoms with Crippen LogP contribution in [-0.2, 0) is 6.61 Å². The topological polar surface area (TPSA) is 68.4 Å². The van der Waals surface area contributed by atoms with Gasteiger partial charge in [-0.2, -0.15) is 0 Å². The highest BCUT2D eigenvalue weighted by Crippen LogP contribution is 2.37. The number of nitrogens with zero attached hydrogens (tertiary/aromatic N) is 1. The van der Waals surface area contributed by atoms with E-state index in [1.165, 1.54) is 0 Å². The van der Waals surface area contributed by atoms with Gasteiger partial charge in [0.2, 0.25) is 0 Å². The summed E-state index contributed by atoms with van der Waals surface area (Å²) < 4.78 is 64.4. The second kappa shape index (κ2) is 4.70. The van der Waals surface area contributed by atoms with E-state index in [2.05, 4.69) is 9.72 Å². The lowest BCUT2D eigenvalue weighted by molar-refractivity contribution is -0.275. The first-order valence-corrected chi connectivity index (χ1v) is 4.18. The summed E-state index contributed by atoms with van der Waals surface area (Å²) in [6.07, 6.45) is -7.92. The summed E-state index contributed by atoms with van der Waals surface area (Å²) in [5, 5.41) is 8.79. The molecule has 4 nitrogen and oxygen atoms in total. The minimum atomic E-state index is -5.17. The smallest absolute Gasteiger partial charge is 0.405 e. The van der Waals surface area contributed by atoms with Crippen molar-refractivity contribution in [3.05, 3.63) is 17.3 Å². The van der Waals surface area contributed by atoms with Gasteiger partial charge >= 0.3 is 6.36 Å². The average Bonchev–Trinajstić information content (AvgIpc) is 2.15. The molecule has 3 N–H and O–H groups in total. The van der Waals surface area contributed by atoms with Crippen molar-refractivity contribution >= 4 is 5.82 Å². The summed E-state index contributed by atoms with van der Waals surface area (Å²) in [6.45, 7) is -0.995. The van der Waals surface area contributed by atoms with Crippen LogP contribution >= 0.6 is 0 Å². The Labute approximate surface area is 91.8 Å². The summed E-state index contributed by atoms with van der Waals surface area (Å²) in [5.41, 5.74) is 3.45. The van der Waals surface area contributed by atoms with E-state index < -0.39 is 42.1 Å². The molecule has 0 saturated carbocycles. The lowest BCUT2D eigenvalue weighted by Crippen LogP contribution is -2.20. The molecule has 0 aliphatic carbocycles. The number of pyridine rings is 1. The van der Waals surface area contributed by atoms with Crippen LogP contribution in [0.15, 0.2) is 6.20 Å². The van der Waals surface area contributed by atoms with Crippen molar-refractivity contribution in [1.29, 1.82) is 0 Å². The Hall–Kier alpha value is -1.64. The van der Waals surface area contributed by atoms with Gasteiger partial charge in [-0.05, 0) is 0 Å². The monoisotopic (exact) mass is 258 g/mol. The van der Waals surface area contributed by atoms with Gasteiger partial charge in [-0.25, -0.2) is 13.8 Å². The molecule has 17 heavy (non-hydrogen) atoms. The number of halogens is 5. The molecule has 0 unspecified atom stereocenters. The van der Waals surface area contributed by atoms with E-state index >= 15 is 0 Å². The van der Waals surface area contributed by atoms with Gasteiger partial charge in [-0.15, -0.1) is 13.2 Å². The quantitative estimate of drug-likeness (QED) is 0.813. The summed E-state index contributed by atoms with van der Waals surface area (Å²) >= 11 is 0.